The Kier molecular flexibility index (Phi) is 2.13. The molecule has 0 spiro atoms. The van der Waals surface area contributed by atoms with Gasteiger partial charge in [-0.2, -0.15) is 0 Å². The quantitative estimate of drug-likeness (QED) is 0.698. The highest BCUT2D eigenvalue weighted by molar-refractivity contribution is 4.97. The molecule has 1 aromatic heterocycles. The predicted octanol–water partition coefficient (Wildman–Crippen LogP) is 0.665. The maximum atomic E-state index is 4.32. The van der Waals surface area contributed by atoms with Crippen LogP contribution in [-0.2, 0) is 13.0 Å². The molecule has 0 aromatic carbocycles. The van der Waals surface area contributed by atoms with Crippen LogP contribution in [0.4, 0.5) is 0 Å². The lowest BCUT2D eigenvalue weighted by atomic mass is 9.98. The van der Waals surface area contributed by atoms with E-state index in [1.807, 2.05) is 13.2 Å². The topological polar surface area (TPSA) is 29.9 Å². The molecule has 0 amide bonds. The minimum absolute atomic E-state index is 0.782. The Morgan fingerprint density at radius 1 is 1.75 bits per heavy atom. The van der Waals surface area contributed by atoms with Crippen molar-refractivity contribution in [1.29, 1.82) is 0 Å². The lowest BCUT2D eigenvalue weighted by molar-refractivity contribution is 0.372. The van der Waals surface area contributed by atoms with E-state index < -0.39 is 0 Å². The van der Waals surface area contributed by atoms with E-state index in [2.05, 4.69) is 21.1 Å². The number of imidazole rings is 1. The molecule has 1 aromatic rings. The van der Waals surface area contributed by atoms with Crippen molar-refractivity contribution in [2.45, 2.75) is 19.4 Å². The summed E-state index contributed by atoms with van der Waals surface area (Å²) in [5.41, 5.74) is 0. The number of nitrogens with one attached hydrogen (secondary N) is 1. The molecular weight excluding hydrogens is 150 g/mol. The Labute approximate surface area is 72.8 Å². The zero-order valence-corrected chi connectivity index (χ0v) is 7.45. The van der Waals surface area contributed by atoms with Gasteiger partial charge in [0, 0.05) is 25.4 Å². The van der Waals surface area contributed by atoms with Gasteiger partial charge < -0.3 is 9.88 Å². The third-order valence-corrected chi connectivity index (χ3v) is 2.54. The molecule has 0 saturated carbocycles. The smallest absolute Gasteiger partial charge is 0.108 e. The minimum atomic E-state index is 0.782. The van der Waals surface area contributed by atoms with E-state index in [9.17, 15) is 0 Å². The average Bonchev–Trinajstić information content (AvgIpc) is 2.51. The first-order valence-electron chi connectivity index (χ1n) is 4.55. The summed E-state index contributed by atoms with van der Waals surface area (Å²) in [6.45, 7) is 2.26. The monoisotopic (exact) mass is 165 g/mol. The fourth-order valence-corrected chi connectivity index (χ4v) is 1.88. The second-order valence-corrected chi connectivity index (χ2v) is 3.45. The normalized spacial score (nSPS) is 22.2. The van der Waals surface area contributed by atoms with Gasteiger partial charge in [-0.1, -0.05) is 0 Å². The molecule has 0 radical (unpaired) electrons. The molecular formula is C9H15N3. The predicted molar refractivity (Wildman–Crippen MR) is 48.0 cm³/mol. The van der Waals surface area contributed by atoms with Gasteiger partial charge in [-0.05, 0) is 25.9 Å². The van der Waals surface area contributed by atoms with E-state index in [1.54, 1.807) is 0 Å². The molecule has 12 heavy (non-hydrogen) atoms. The zero-order chi connectivity index (χ0) is 8.39. The second kappa shape index (κ2) is 3.27. The molecule has 0 bridgehead atoms. The van der Waals surface area contributed by atoms with Crippen LogP contribution in [0.5, 0.6) is 0 Å². The first kappa shape index (κ1) is 7.80. The van der Waals surface area contributed by atoms with Crippen molar-refractivity contribution in [2.24, 2.45) is 5.92 Å². The van der Waals surface area contributed by atoms with Crippen molar-refractivity contribution in [3.05, 3.63) is 18.2 Å². The minimum Gasteiger partial charge on any atom is -0.335 e. The number of aromatic nitrogens is 2. The second-order valence-electron chi connectivity index (χ2n) is 3.45. The lowest BCUT2D eigenvalue weighted by Crippen LogP contribution is -2.27. The molecule has 66 valence electrons. The molecule has 2 heterocycles. The Balaban J connectivity index is 2.05. The van der Waals surface area contributed by atoms with Crippen molar-refractivity contribution >= 4 is 0 Å². The molecule has 3 heteroatoms. The molecule has 1 atom stereocenters. The molecule has 1 aliphatic heterocycles. The number of hydrogen-bond acceptors (Lipinski definition) is 2. The van der Waals surface area contributed by atoms with E-state index in [-0.39, 0.29) is 0 Å². The van der Waals surface area contributed by atoms with Crippen LogP contribution in [0.15, 0.2) is 12.4 Å². The average molecular weight is 165 g/mol. The van der Waals surface area contributed by atoms with Gasteiger partial charge in [0.25, 0.3) is 0 Å². The van der Waals surface area contributed by atoms with Crippen LogP contribution in [0.3, 0.4) is 0 Å². The first-order chi connectivity index (χ1) is 5.90. The van der Waals surface area contributed by atoms with Gasteiger partial charge in [0.15, 0.2) is 0 Å². The summed E-state index contributed by atoms with van der Waals surface area (Å²) in [7, 11) is 2.01. The molecule has 0 fully saturated rings. The van der Waals surface area contributed by atoms with Gasteiger partial charge in [-0.25, -0.2) is 4.98 Å². The molecule has 3 nitrogen and oxygen atoms in total. The third kappa shape index (κ3) is 1.37. The summed E-state index contributed by atoms with van der Waals surface area (Å²) >= 11 is 0. The highest BCUT2D eigenvalue weighted by Gasteiger charge is 2.17. The van der Waals surface area contributed by atoms with Gasteiger partial charge in [-0.15, -0.1) is 0 Å². The fraction of sp³-hybridized carbons (Fsp3) is 0.667. The van der Waals surface area contributed by atoms with E-state index in [0.717, 1.165) is 25.4 Å². The largest absolute Gasteiger partial charge is 0.335 e. The van der Waals surface area contributed by atoms with Gasteiger partial charge in [0.1, 0.15) is 5.82 Å². The Morgan fingerprint density at radius 2 is 2.67 bits per heavy atom. The van der Waals surface area contributed by atoms with Crippen LogP contribution >= 0.6 is 0 Å². The fourth-order valence-electron chi connectivity index (χ4n) is 1.88. The van der Waals surface area contributed by atoms with Crippen LogP contribution in [-0.4, -0.2) is 23.1 Å². The summed E-state index contributed by atoms with van der Waals surface area (Å²) in [6.07, 6.45) is 6.39. The lowest BCUT2D eigenvalue weighted by Gasteiger charge is -2.22. The Bertz CT molecular complexity index is 254. The number of nitrogens with zero attached hydrogens (tertiary/aromatic N) is 2. The standard InChI is InChI=1S/C9H15N3/c1-10-7-8-2-4-12-5-3-11-9(12)6-8/h3,5,8,10H,2,4,6-7H2,1H3/t8-/m1/s1. The van der Waals surface area contributed by atoms with E-state index in [0.29, 0.717) is 0 Å². The van der Waals surface area contributed by atoms with Crippen LogP contribution in [0.1, 0.15) is 12.2 Å². The van der Waals surface area contributed by atoms with Crippen LogP contribution < -0.4 is 5.32 Å². The first-order valence-corrected chi connectivity index (χ1v) is 4.55. The number of aryl methyl sites for hydroxylation is 1. The van der Waals surface area contributed by atoms with Crippen LogP contribution in [0, 0.1) is 5.92 Å². The van der Waals surface area contributed by atoms with Gasteiger partial charge in [0.05, 0.1) is 0 Å². The van der Waals surface area contributed by atoms with Crippen LogP contribution in [0.2, 0.25) is 0 Å². The maximum absolute atomic E-state index is 4.32. The number of fused-ring (bicyclic) bond motifs is 1. The van der Waals surface area contributed by atoms with Crippen molar-refractivity contribution < 1.29 is 0 Å². The third-order valence-electron chi connectivity index (χ3n) is 2.54. The molecule has 0 aliphatic carbocycles. The Hall–Kier alpha value is -0.830. The molecule has 0 saturated heterocycles. The van der Waals surface area contributed by atoms with Crippen molar-refractivity contribution in [3.63, 3.8) is 0 Å². The van der Waals surface area contributed by atoms with E-state index in [1.165, 1.54) is 12.2 Å². The highest BCUT2D eigenvalue weighted by Crippen LogP contribution is 2.17. The summed E-state index contributed by atoms with van der Waals surface area (Å²) in [6, 6.07) is 0. The summed E-state index contributed by atoms with van der Waals surface area (Å²) in [5, 5.41) is 3.22. The van der Waals surface area contributed by atoms with Crippen molar-refractivity contribution in [2.75, 3.05) is 13.6 Å². The van der Waals surface area contributed by atoms with Gasteiger partial charge >= 0.3 is 0 Å². The number of rotatable bonds is 2. The van der Waals surface area contributed by atoms with E-state index >= 15 is 0 Å². The summed E-state index contributed by atoms with van der Waals surface area (Å²) < 4.78 is 2.26. The summed E-state index contributed by atoms with van der Waals surface area (Å²) in [4.78, 5) is 4.32. The molecule has 0 unspecified atom stereocenters. The molecule has 1 aliphatic rings. The summed E-state index contributed by atoms with van der Waals surface area (Å²) in [5.74, 6) is 2.03. The highest BCUT2D eigenvalue weighted by atomic mass is 15.1. The molecule has 1 N–H and O–H groups in total. The van der Waals surface area contributed by atoms with Crippen LogP contribution in [0.25, 0.3) is 0 Å². The zero-order valence-electron chi connectivity index (χ0n) is 7.45. The molecule has 2 rings (SSSR count). The number of hydrogen-bond donors (Lipinski definition) is 1. The van der Waals surface area contributed by atoms with Crippen molar-refractivity contribution in [1.82, 2.24) is 14.9 Å². The SMILES string of the molecule is CNC[C@@H]1CCn2ccnc2C1. The van der Waals surface area contributed by atoms with Crippen molar-refractivity contribution in [3.8, 4) is 0 Å². The van der Waals surface area contributed by atoms with E-state index in [4.69, 9.17) is 0 Å². The maximum Gasteiger partial charge on any atom is 0.108 e. The Morgan fingerprint density at radius 3 is 3.50 bits per heavy atom. The van der Waals surface area contributed by atoms with Gasteiger partial charge in [-0.3, -0.25) is 0 Å². The van der Waals surface area contributed by atoms with Gasteiger partial charge in [0.2, 0.25) is 0 Å².